The lowest BCUT2D eigenvalue weighted by atomic mass is 9.96. The molecule has 1 aliphatic heterocycles. The van der Waals surface area contributed by atoms with Crippen molar-refractivity contribution in [2.75, 3.05) is 13.1 Å². The molecule has 2 nitrogen and oxygen atoms in total. The lowest BCUT2D eigenvalue weighted by Crippen LogP contribution is -2.59. The number of rotatable bonds is 2. The first-order valence-corrected chi connectivity index (χ1v) is 6.06. The monoisotopic (exact) mass is 196 g/mol. The Balaban J connectivity index is 2.08. The van der Waals surface area contributed by atoms with E-state index in [2.05, 4.69) is 37.9 Å². The largest absolute Gasteiger partial charge is 0.311 e. The van der Waals surface area contributed by atoms with Crippen LogP contribution in [0, 0.1) is 5.92 Å². The summed E-state index contributed by atoms with van der Waals surface area (Å²) in [6.07, 6.45) is 2.84. The van der Waals surface area contributed by atoms with Gasteiger partial charge in [-0.15, -0.1) is 0 Å². The fraction of sp³-hybridized carbons (Fsp3) is 1.00. The minimum absolute atomic E-state index is 0.565. The summed E-state index contributed by atoms with van der Waals surface area (Å²) in [6, 6.07) is 1.39. The van der Waals surface area contributed by atoms with Crippen LogP contribution in [0.4, 0.5) is 0 Å². The van der Waals surface area contributed by atoms with Gasteiger partial charge in [-0.1, -0.05) is 13.8 Å². The van der Waals surface area contributed by atoms with Gasteiger partial charge in [0, 0.05) is 30.7 Å². The van der Waals surface area contributed by atoms with Crippen LogP contribution in [0.25, 0.3) is 0 Å². The summed E-state index contributed by atoms with van der Waals surface area (Å²) in [7, 11) is 0. The highest BCUT2D eigenvalue weighted by molar-refractivity contribution is 5.08. The molecule has 0 aromatic rings. The van der Waals surface area contributed by atoms with E-state index in [-0.39, 0.29) is 0 Å². The van der Waals surface area contributed by atoms with Gasteiger partial charge < -0.3 is 5.32 Å². The van der Waals surface area contributed by atoms with Gasteiger partial charge in [-0.2, -0.15) is 0 Å². The molecule has 1 saturated heterocycles. The maximum atomic E-state index is 3.56. The van der Waals surface area contributed by atoms with Crippen LogP contribution in [0.1, 0.15) is 40.5 Å². The third-order valence-electron chi connectivity index (χ3n) is 4.17. The lowest BCUT2D eigenvalue weighted by Gasteiger charge is -2.45. The summed E-state index contributed by atoms with van der Waals surface area (Å²) in [5, 5.41) is 3.56. The van der Waals surface area contributed by atoms with Crippen molar-refractivity contribution in [2.24, 2.45) is 5.92 Å². The van der Waals surface area contributed by atoms with Gasteiger partial charge >= 0.3 is 0 Å². The molecule has 2 unspecified atom stereocenters. The van der Waals surface area contributed by atoms with E-state index in [0.29, 0.717) is 11.6 Å². The van der Waals surface area contributed by atoms with Crippen LogP contribution >= 0.6 is 0 Å². The molecule has 0 bridgehead atoms. The molecule has 1 heterocycles. The van der Waals surface area contributed by atoms with Crippen molar-refractivity contribution >= 4 is 0 Å². The van der Waals surface area contributed by atoms with Gasteiger partial charge in [0.15, 0.2) is 0 Å². The zero-order valence-electron chi connectivity index (χ0n) is 10.0. The number of hydrogen-bond donors (Lipinski definition) is 1. The number of nitrogens with zero attached hydrogens (tertiary/aromatic N) is 1. The molecule has 14 heavy (non-hydrogen) atoms. The predicted molar refractivity (Wildman–Crippen MR) is 60.4 cm³/mol. The summed E-state index contributed by atoms with van der Waals surface area (Å²) in [5.41, 5.74) is 0.565. The molecular formula is C12H24N2. The SMILES string of the molecule is CC1CN(C2(C(C)C)CC2)C(C)CN1. The van der Waals surface area contributed by atoms with E-state index in [1.165, 1.54) is 19.4 Å². The van der Waals surface area contributed by atoms with Crippen molar-refractivity contribution in [1.29, 1.82) is 0 Å². The molecule has 0 aromatic carbocycles. The van der Waals surface area contributed by atoms with Crippen molar-refractivity contribution in [2.45, 2.75) is 58.2 Å². The normalized spacial score (nSPS) is 37.5. The Kier molecular flexibility index (Phi) is 2.61. The van der Waals surface area contributed by atoms with E-state index in [1.807, 2.05) is 0 Å². The zero-order valence-corrected chi connectivity index (χ0v) is 10.0. The molecule has 82 valence electrons. The summed E-state index contributed by atoms with van der Waals surface area (Å²) in [4.78, 5) is 2.76. The summed E-state index contributed by atoms with van der Waals surface area (Å²) < 4.78 is 0. The second-order valence-electron chi connectivity index (χ2n) is 5.57. The standard InChI is InChI=1S/C12H24N2/c1-9(2)12(5-6-12)14-8-10(3)13-7-11(14)4/h9-11,13H,5-8H2,1-4H3. The molecular weight excluding hydrogens is 172 g/mol. The maximum absolute atomic E-state index is 3.56. The summed E-state index contributed by atoms with van der Waals surface area (Å²) >= 11 is 0. The van der Waals surface area contributed by atoms with Crippen LogP contribution < -0.4 is 5.32 Å². The van der Waals surface area contributed by atoms with E-state index in [9.17, 15) is 0 Å². The number of piperazine rings is 1. The van der Waals surface area contributed by atoms with Gasteiger partial charge in [-0.3, -0.25) is 4.90 Å². The van der Waals surface area contributed by atoms with Crippen LogP contribution in [0.3, 0.4) is 0 Å². The molecule has 0 aromatic heterocycles. The van der Waals surface area contributed by atoms with Crippen LogP contribution in [0.5, 0.6) is 0 Å². The third kappa shape index (κ3) is 1.59. The maximum Gasteiger partial charge on any atom is 0.0237 e. The fourth-order valence-electron chi connectivity index (χ4n) is 2.97. The van der Waals surface area contributed by atoms with Crippen molar-refractivity contribution in [3.63, 3.8) is 0 Å². The van der Waals surface area contributed by atoms with Gasteiger partial charge in [0.1, 0.15) is 0 Å². The Hall–Kier alpha value is -0.0800. The molecule has 1 N–H and O–H groups in total. The molecule has 0 radical (unpaired) electrons. The van der Waals surface area contributed by atoms with Crippen molar-refractivity contribution in [3.8, 4) is 0 Å². The van der Waals surface area contributed by atoms with Crippen LogP contribution in [0.15, 0.2) is 0 Å². The molecule has 2 aliphatic rings. The van der Waals surface area contributed by atoms with E-state index >= 15 is 0 Å². The van der Waals surface area contributed by atoms with Gasteiger partial charge in [0.2, 0.25) is 0 Å². The second kappa shape index (κ2) is 3.49. The number of nitrogens with one attached hydrogen (secondary N) is 1. The van der Waals surface area contributed by atoms with Gasteiger partial charge in [-0.25, -0.2) is 0 Å². The highest BCUT2D eigenvalue weighted by Crippen LogP contribution is 2.49. The van der Waals surface area contributed by atoms with E-state index in [4.69, 9.17) is 0 Å². The van der Waals surface area contributed by atoms with Gasteiger partial charge in [-0.05, 0) is 32.6 Å². The molecule has 0 amide bonds. The Morgan fingerprint density at radius 1 is 1.29 bits per heavy atom. The molecule has 1 aliphatic carbocycles. The molecule has 2 fully saturated rings. The summed E-state index contributed by atoms with van der Waals surface area (Å²) in [6.45, 7) is 11.8. The zero-order chi connectivity index (χ0) is 10.3. The van der Waals surface area contributed by atoms with E-state index in [0.717, 1.165) is 18.5 Å². The predicted octanol–water partition coefficient (Wildman–Crippen LogP) is 1.86. The lowest BCUT2D eigenvalue weighted by molar-refractivity contribution is 0.0541. The van der Waals surface area contributed by atoms with Crippen LogP contribution in [-0.4, -0.2) is 35.6 Å². The third-order valence-corrected chi connectivity index (χ3v) is 4.17. The molecule has 0 spiro atoms. The average molecular weight is 196 g/mol. The Morgan fingerprint density at radius 2 is 1.93 bits per heavy atom. The second-order valence-corrected chi connectivity index (χ2v) is 5.57. The first-order valence-electron chi connectivity index (χ1n) is 6.06. The smallest absolute Gasteiger partial charge is 0.0237 e. The fourth-order valence-corrected chi connectivity index (χ4v) is 2.97. The topological polar surface area (TPSA) is 15.3 Å². The quantitative estimate of drug-likeness (QED) is 0.725. The highest BCUT2D eigenvalue weighted by Gasteiger charge is 2.52. The van der Waals surface area contributed by atoms with E-state index in [1.54, 1.807) is 0 Å². The number of hydrogen-bond acceptors (Lipinski definition) is 2. The van der Waals surface area contributed by atoms with Crippen LogP contribution in [0.2, 0.25) is 0 Å². The average Bonchev–Trinajstić information content (AvgIpc) is 2.90. The molecule has 1 saturated carbocycles. The Morgan fingerprint density at radius 3 is 2.43 bits per heavy atom. The first kappa shape index (κ1) is 10.4. The van der Waals surface area contributed by atoms with E-state index < -0.39 is 0 Å². The first-order chi connectivity index (χ1) is 6.56. The van der Waals surface area contributed by atoms with Crippen LogP contribution in [-0.2, 0) is 0 Å². The molecule has 2 rings (SSSR count). The highest BCUT2D eigenvalue weighted by atomic mass is 15.3. The van der Waals surface area contributed by atoms with Crippen molar-refractivity contribution < 1.29 is 0 Å². The molecule has 2 atom stereocenters. The molecule has 2 heteroatoms. The van der Waals surface area contributed by atoms with Crippen molar-refractivity contribution in [3.05, 3.63) is 0 Å². The Bertz CT molecular complexity index is 208. The summed E-state index contributed by atoms with van der Waals surface area (Å²) in [5.74, 6) is 0.815. The minimum atomic E-state index is 0.565. The minimum Gasteiger partial charge on any atom is -0.311 e. The van der Waals surface area contributed by atoms with Gasteiger partial charge in [0.05, 0.1) is 0 Å². The van der Waals surface area contributed by atoms with Crippen molar-refractivity contribution in [1.82, 2.24) is 10.2 Å². The van der Waals surface area contributed by atoms with Gasteiger partial charge in [0.25, 0.3) is 0 Å². The Labute approximate surface area is 88.1 Å².